The molecular formula is C15H15N3O. The van der Waals surface area contributed by atoms with E-state index in [0.29, 0.717) is 5.39 Å². The van der Waals surface area contributed by atoms with Gasteiger partial charge in [0.1, 0.15) is 0 Å². The van der Waals surface area contributed by atoms with Crippen LogP contribution >= 0.6 is 0 Å². The largest absolute Gasteiger partial charge is 0.378 e. The fourth-order valence-electron chi connectivity index (χ4n) is 2.14. The summed E-state index contributed by atoms with van der Waals surface area (Å²) in [6, 6.07) is 15.4. The van der Waals surface area contributed by atoms with Crippen LogP contribution in [0.15, 0.2) is 53.3 Å². The Kier molecular flexibility index (Phi) is 2.63. The molecule has 0 amide bonds. The summed E-state index contributed by atoms with van der Waals surface area (Å²) >= 11 is 0. The molecule has 0 spiro atoms. The Labute approximate surface area is 110 Å². The molecule has 2 aromatic carbocycles. The highest BCUT2D eigenvalue weighted by atomic mass is 16.1. The van der Waals surface area contributed by atoms with E-state index in [1.807, 2.05) is 67.5 Å². The Morgan fingerprint density at radius 1 is 1.05 bits per heavy atom. The van der Waals surface area contributed by atoms with Gasteiger partial charge in [-0.25, -0.2) is 4.68 Å². The van der Waals surface area contributed by atoms with Crippen molar-refractivity contribution in [2.45, 2.75) is 0 Å². The van der Waals surface area contributed by atoms with Crippen molar-refractivity contribution in [1.82, 2.24) is 9.78 Å². The fraction of sp³-hybridized carbons (Fsp3) is 0.133. The van der Waals surface area contributed by atoms with Crippen LogP contribution in [0.25, 0.3) is 16.6 Å². The van der Waals surface area contributed by atoms with E-state index in [1.165, 1.54) is 0 Å². The van der Waals surface area contributed by atoms with E-state index in [1.54, 1.807) is 4.68 Å². The van der Waals surface area contributed by atoms with Crippen molar-refractivity contribution in [1.29, 1.82) is 0 Å². The minimum absolute atomic E-state index is 0.0232. The highest BCUT2D eigenvalue weighted by Gasteiger charge is 2.09. The molecule has 1 aromatic heterocycles. The molecule has 1 N–H and O–H groups in total. The van der Waals surface area contributed by atoms with Gasteiger partial charge < -0.3 is 4.90 Å². The molecule has 0 unspecified atom stereocenters. The summed E-state index contributed by atoms with van der Waals surface area (Å²) in [6.07, 6.45) is 0. The molecule has 19 heavy (non-hydrogen) atoms. The first-order chi connectivity index (χ1) is 9.16. The quantitative estimate of drug-likeness (QED) is 0.762. The van der Waals surface area contributed by atoms with Crippen LogP contribution in [0.5, 0.6) is 0 Å². The number of H-pyrrole nitrogens is 1. The second-order valence-electron chi connectivity index (χ2n) is 4.71. The van der Waals surface area contributed by atoms with Crippen molar-refractivity contribution in [3.8, 4) is 5.69 Å². The summed E-state index contributed by atoms with van der Waals surface area (Å²) in [5.41, 5.74) is 2.68. The fourth-order valence-corrected chi connectivity index (χ4v) is 2.14. The van der Waals surface area contributed by atoms with Gasteiger partial charge in [-0.2, -0.15) is 0 Å². The van der Waals surface area contributed by atoms with E-state index in [-0.39, 0.29) is 5.56 Å². The molecule has 0 bridgehead atoms. The first-order valence-corrected chi connectivity index (χ1v) is 6.14. The van der Waals surface area contributed by atoms with Gasteiger partial charge in [0.05, 0.1) is 16.6 Å². The number of nitrogens with one attached hydrogen (secondary N) is 1. The zero-order chi connectivity index (χ0) is 13.4. The topological polar surface area (TPSA) is 41.0 Å². The number of hydrogen-bond donors (Lipinski definition) is 1. The molecule has 0 fully saturated rings. The number of benzene rings is 2. The minimum Gasteiger partial charge on any atom is -0.378 e. The van der Waals surface area contributed by atoms with Crippen molar-refractivity contribution in [2.75, 3.05) is 19.0 Å². The number of nitrogens with zero attached hydrogens (tertiary/aromatic N) is 2. The van der Waals surface area contributed by atoms with Gasteiger partial charge in [-0.1, -0.05) is 18.2 Å². The summed E-state index contributed by atoms with van der Waals surface area (Å²) < 4.78 is 1.57. The average Bonchev–Trinajstić information content (AvgIpc) is 2.77. The zero-order valence-electron chi connectivity index (χ0n) is 10.9. The number of hydrogen-bond acceptors (Lipinski definition) is 2. The van der Waals surface area contributed by atoms with E-state index >= 15 is 0 Å². The molecule has 96 valence electrons. The van der Waals surface area contributed by atoms with Crippen LogP contribution in [0, 0.1) is 0 Å². The lowest BCUT2D eigenvalue weighted by Crippen LogP contribution is -2.14. The van der Waals surface area contributed by atoms with E-state index in [9.17, 15) is 4.79 Å². The van der Waals surface area contributed by atoms with Gasteiger partial charge in [0, 0.05) is 19.8 Å². The SMILES string of the molecule is CN(C)c1ccc2[nH]n(-c3ccccc3)c(=O)c2c1. The van der Waals surface area contributed by atoms with Gasteiger partial charge in [-0.15, -0.1) is 0 Å². The number of fused-ring (bicyclic) bond motifs is 1. The van der Waals surface area contributed by atoms with Crippen LogP contribution in [-0.4, -0.2) is 23.9 Å². The Balaban J connectivity index is 2.24. The lowest BCUT2D eigenvalue weighted by atomic mass is 10.2. The van der Waals surface area contributed by atoms with Gasteiger partial charge in [0.25, 0.3) is 5.56 Å². The molecule has 4 heteroatoms. The van der Waals surface area contributed by atoms with Gasteiger partial charge in [-0.3, -0.25) is 9.89 Å². The normalized spacial score (nSPS) is 10.8. The maximum Gasteiger partial charge on any atom is 0.279 e. The van der Waals surface area contributed by atoms with Crippen molar-refractivity contribution in [3.05, 3.63) is 58.9 Å². The smallest absolute Gasteiger partial charge is 0.279 e. The van der Waals surface area contributed by atoms with Crippen LogP contribution in [0.3, 0.4) is 0 Å². The maximum absolute atomic E-state index is 12.4. The molecule has 0 radical (unpaired) electrons. The molecule has 3 aromatic rings. The molecule has 1 heterocycles. The second kappa shape index (κ2) is 4.31. The summed E-state index contributed by atoms with van der Waals surface area (Å²) in [4.78, 5) is 14.4. The molecule has 0 aliphatic carbocycles. The second-order valence-corrected chi connectivity index (χ2v) is 4.71. The summed E-state index contributed by atoms with van der Waals surface area (Å²) in [6.45, 7) is 0. The first kappa shape index (κ1) is 11.6. The van der Waals surface area contributed by atoms with Crippen molar-refractivity contribution in [2.24, 2.45) is 0 Å². The van der Waals surface area contributed by atoms with E-state index < -0.39 is 0 Å². The van der Waals surface area contributed by atoms with Gasteiger partial charge in [0.15, 0.2) is 0 Å². The predicted molar refractivity (Wildman–Crippen MR) is 78.2 cm³/mol. The average molecular weight is 253 g/mol. The monoisotopic (exact) mass is 253 g/mol. The molecule has 0 aliphatic rings. The van der Waals surface area contributed by atoms with Crippen LogP contribution in [0.1, 0.15) is 0 Å². The van der Waals surface area contributed by atoms with E-state index in [0.717, 1.165) is 16.9 Å². The molecular weight excluding hydrogens is 238 g/mol. The van der Waals surface area contributed by atoms with Crippen molar-refractivity contribution >= 4 is 16.6 Å². The highest BCUT2D eigenvalue weighted by Crippen LogP contribution is 2.18. The van der Waals surface area contributed by atoms with Gasteiger partial charge in [-0.05, 0) is 30.3 Å². The number of rotatable bonds is 2. The van der Waals surface area contributed by atoms with Crippen LogP contribution < -0.4 is 10.5 Å². The summed E-state index contributed by atoms with van der Waals surface area (Å²) in [7, 11) is 3.92. The van der Waals surface area contributed by atoms with Gasteiger partial charge in [0.2, 0.25) is 0 Å². The summed E-state index contributed by atoms with van der Waals surface area (Å²) in [5, 5.41) is 3.84. The minimum atomic E-state index is -0.0232. The van der Waals surface area contributed by atoms with Crippen molar-refractivity contribution in [3.63, 3.8) is 0 Å². The first-order valence-electron chi connectivity index (χ1n) is 6.14. The standard InChI is InChI=1S/C15H15N3O/c1-17(2)12-8-9-14-13(10-12)15(19)18(16-14)11-6-4-3-5-7-11/h3-10,16H,1-2H3. The third-order valence-corrected chi connectivity index (χ3v) is 3.20. The van der Waals surface area contributed by atoms with Crippen LogP contribution in [0.2, 0.25) is 0 Å². The Hall–Kier alpha value is -2.49. The Morgan fingerprint density at radius 3 is 2.47 bits per heavy atom. The molecule has 4 nitrogen and oxygen atoms in total. The third-order valence-electron chi connectivity index (χ3n) is 3.20. The van der Waals surface area contributed by atoms with Crippen molar-refractivity contribution < 1.29 is 0 Å². The van der Waals surface area contributed by atoms with E-state index in [2.05, 4.69) is 5.10 Å². The number of aromatic nitrogens is 2. The maximum atomic E-state index is 12.4. The van der Waals surface area contributed by atoms with Crippen LogP contribution in [-0.2, 0) is 0 Å². The lowest BCUT2D eigenvalue weighted by molar-refractivity contribution is 0.864. The Bertz CT molecular complexity index is 769. The predicted octanol–water partition coefficient (Wildman–Crippen LogP) is 2.38. The van der Waals surface area contributed by atoms with Crippen LogP contribution in [0.4, 0.5) is 5.69 Å². The molecule has 0 aliphatic heterocycles. The molecule has 3 rings (SSSR count). The molecule has 0 saturated carbocycles. The molecule has 0 saturated heterocycles. The highest BCUT2D eigenvalue weighted by molar-refractivity contribution is 5.82. The number of aromatic amines is 1. The summed E-state index contributed by atoms with van der Waals surface area (Å²) in [5.74, 6) is 0. The zero-order valence-corrected chi connectivity index (χ0v) is 10.9. The van der Waals surface area contributed by atoms with E-state index in [4.69, 9.17) is 0 Å². The third kappa shape index (κ3) is 1.91. The molecule has 0 atom stereocenters. The number of para-hydroxylation sites is 1. The number of anilines is 1. The lowest BCUT2D eigenvalue weighted by Gasteiger charge is -2.11. The Morgan fingerprint density at radius 2 is 1.79 bits per heavy atom. The van der Waals surface area contributed by atoms with Gasteiger partial charge >= 0.3 is 0 Å².